The summed E-state index contributed by atoms with van der Waals surface area (Å²) in [7, 11) is 0. The van der Waals surface area contributed by atoms with E-state index in [1.165, 1.54) is 83.8 Å². The van der Waals surface area contributed by atoms with Crippen LogP contribution in [0.3, 0.4) is 0 Å². The number of hydrogen-bond acceptors (Lipinski definition) is 3. The van der Waals surface area contributed by atoms with E-state index in [-0.39, 0.29) is 16.2 Å². The zero-order chi connectivity index (χ0) is 41.3. The summed E-state index contributed by atoms with van der Waals surface area (Å²) in [5.41, 5.74) is 22.9. The van der Waals surface area contributed by atoms with Gasteiger partial charge in [0.2, 0.25) is 0 Å². The van der Waals surface area contributed by atoms with E-state index in [1.54, 1.807) is 0 Å². The lowest BCUT2D eigenvalue weighted by Gasteiger charge is -2.31. The molecule has 61 heavy (non-hydrogen) atoms. The van der Waals surface area contributed by atoms with Gasteiger partial charge in [-0.3, -0.25) is 0 Å². The fourth-order valence-electron chi connectivity index (χ4n) is 11.4. The molecule has 12 rings (SSSR count). The van der Waals surface area contributed by atoms with Crippen LogP contribution in [0.15, 0.2) is 182 Å². The predicted octanol–water partition coefficient (Wildman–Crippen LogP) is 14.5. The number of anilines is 6. The van der Waals surface area contributed by atoms with Crippen LogP contribution in [-0.4, -0.2) is 12.6 Å². The number of nitrogens with zero attached hydrogens (tertiary/aromatic N) is 2. The summed E-state index contributed by atoms with van der Waals surface area (Å²) in [6, 6.07) is 68.6. The van der Waals surface area contributed by atoms with Gasteiger partial charge >= 0.3 is 0 Å². The van der Waals surface area contributed by atoms with E-state index < -0.39 is 0 Å². The zero-order valence-electron chi connectivity index (χ0n) is 35.5. The van der Waals surface area contributed by atoms with Crippen molar-refractivity contribution >= 4 is 34.1 Å². The summed E-state index contributed by atoms with van der Waals surface area (Å²) in [6.07, 6.45) is 0. The van der Waals surface area contributed by atoms with Gasteiger partial charge in [-0.2, -0.15) is 0 Å². The molecule has 296 valence electrons. The second kappa shape index (κ2) is 12.9. The summed E-state index contributed by atoms with van der Waals surface area (Å²) in [5, 5.41) is 3.69. The summed E-state index contributed by atoms with van der Waals surface area (Å²) >= 11 is 0. The van der Waals surface area contributed by atoms with E-state index in [1.807, 2.05) is 0 Å². The van der Waals surface area contributed by atoms with Crippen LogP contribution >= 0.6 is 0 Å². The van der Waals surface area contributed by atoms with Gasteiger partial charge in [0.05, 0.1) is 0 Å². The Morgan fingerprint density at radius 2 is 0.672 bits per heavy atom. The van der Waals surface area contributed by atoms with Crippen LogP contribution < -0.4 is 15.1 Å². The third-order valence-corrected chi connectivity index (χ3v) is 14.7. The molecule has 4 aliphatic rings. The zero-order valence-corrected chi connectivity index (χ0v) is 35.5. The second-order valence-electron chi connectivity index (χ2n) is 18.8. The van der Waals surface area contributed by atoms with Gasteiger partial charge in [0.1, 0.15) is 0 Å². The minimum atomic E-state index is -0.237. The summed E-state index contributed by atoms with van der Waals surface area (Å²) in [4.78, 5) is 4.90. The Labute approximate surface area is 360 Å². The molecule has 1 fully saturated rings. The van der Waals surface area contributed by atoms with Gasteiger partial charge < -0.3 is 15.1 Å². The Morgan fingerprint density at radius 3 is 1.11 bits per heavy atom. The first-order chi connectivity index (χ1) is 29.6. The summed E-state index contributed by atoms with van der Waals surface area (Å²) in [6.45, 7) is 13.0. The van der Waals surface area contributed by atoms with Crippen LogP contribution in [0.2, 0.25) is 0 Å². The van der Waals surface area contributed by atoms with Gasteiger partial charge in [0.15, 0.2) is 0 Å². The average Bonchev–Trinajstić information content (AvgIpc) is 4.05. The van der Waals surface area contributed by atoms with Crippen molar-refractivity contribution in [2.45, 2.75) is 56.9 Å². The fourth-order valence-corrected chi connectivity index (χ4v) is 11.4. The van der Waals surface area contributed by atoms with E-state index in [0.29, 0.717) is 6.04 Å². The van der Waals surface area contributed by atoms with Crippen molar-refractivity contribution in [3.63, 3.8) is 0 Å². The van der Waals surface area contributed by atoms with Gasteiger partial charge in [0.25, 0.3) is 0 Å². The van der Waals surface area contributed by atoms with Gasteiger partial charge in [-0.25, -0.2) is 0 Å². The van der Waals surface area contributed by atoms with E-state index >= 15 is 0 Å². The molecule has 2 unspecified atom stereocenters. The molecule has 1 aliphatic heterocycles. The Morgan fingerprint density at radius 1 is 0.344 bits per heavy atom. The maximum absolute atomic E-state index is 3.69. The number of para-hydroxylation sites is 2. The lowest BCUT2D eigenvalue weighted by Crippen LogP contribution is -2.29. The molecule has 0 spiro atoms. The van der Waals surface area contributed by atoms with Crippen LogP contribution in [0.25, 0.3) is 33.4 Å². The largest absolute Gasteiger partial charge is 0.310 e. The Bertz CT molecular complexity index is 3070. The third-order valence-electron chi connectivity index (χ3n) is 14.7. The van der Waals surface area contributed by atoms with E-state index in [4.69, 9.17) is 0 Å². The van der Waals surface area contributed by atoms with Crippen molar-refractivity contribution in [3.8, 4) is 33.4 Å². The van der Waals surface area contributed by atoms with Gasteiger partial charge in [-0.05, 0) is 146 Å². The van der Waals surface area contributed by atoms with Crippen molar-refractivity contribution in [1.82, 2.24) is 5.32 Å². The van der Waals surface area contributed by atoms with Crippen LogP contribution in [0.5, 0.6) is 0 Å². The number of nitrogens with one attached hydrogen (secondary N) is 1. The molecular formula is C58H49N3. The normalized spacial score (nSPS) is 18.9. The first-order valence-corrected chi connectivity index (χ1v) is 21.9. The summed E-state index contributed by atoms with van der Waals surface area (Å²) < 4.78 is 0. The van der Waals surface area contributed by atoms with Crippen LogP contribution in [0.4, 0.5) is 34.1 Å². The molecule has 1 heterocycles. The highest BCUT2D eigenvalue weighted by molar-refractivity contribution is 5.91. The molecule has 3 nitrogen and oxygen atoms in total. The minimum Gasteiger partial charge on any atom is -0.310 e. The molecule has 1 N–H and O–H groups in total. The SMILES string of the molecule is CC1(C)c2ccccc2-c2ccc(N(c3ccccc3)c3ccc4c(c3)C(C)(C)c3cc(N(c5ccccc5)c5ccc6c(c5)C(C)(C5CN5)c5ccccc5-6)ccc3-4)cc21. The average molecular weight is 788 g/mol. The van der Waals surface area contributed by atoms with E-state index in [2.05, 4.69) is 232 Å². The molecule has 3 aliphatic carbocycles. The molecule has 1 saturated heterocycles. The maximum Gasteiger partial charge on any atom is 0.0465 e. The first-order valence-electron chi connectivity index (χ1n) is 21.9. The quantitative estimate of drug-likeness (QED) is 0.163. The van der Waals surface area contributed by atoms with Gasteiger partial charge in [-0.1, -0.05) is 137 Å². The molecular weight excluding hydrogens is 739 g/mol. The van der Waals surface area contributed by atoms with Crippen LogP contribution in [0, 0.1) is 0 Å². The standard InChI is InChI=1S/C58H49N3/c1-56(2)49-22-14-12-20-43(49)45-28-24-39(32-51(45)56)60(37-16-8-6-9-17-37)40-25-29-46-47-30-26-41(34-53(47)57(3,4)52(46)33-40)61(38-18-10-7-11-19-38)42-27-31-48-44-21-13-15-23-50(44)58(5,54(48)35-42)55-36-59-55/h6-35,55,59H,36H2,1-5H3. The topological polar surface area (TPSA) is 28.4 Å². The molecule has 8 aromatic carbocycles. The highest BCUT2D eigenvalue weighted by atomic mass is 15.2. The maximum atomic E-state index is 3.69. The Hall–Kier alpha value is -6.68. The minimum absolute atomic E-state index is 0.0851. The highest BCUT2D eigenvalue weighted by Crippen LogP contribution is 2.56. The monoisotopic (exact) mass is 787 g/mol. The number of benzene rings is 8. The highest BCUT2D eigenvalue weighted by Gasteiger charge is 2.50. The van der Waals surface area contributed by atoms with Crippen molar-refractivity contribution < 1.29 is 0 Å². The second-order valence-corrected chi connectivity index (χ2v) is 18.8. The van der Waals surface area contributed by atoms with Gasteiger partial charge in [0, 0.05) is 63.0 Å². The molecule has 0 saturated carbocycles. The molecule has 3 heteroatoms. The number of hydrogen-bond donors (Lipinski definition) is 1. The molecule has 0 amide bonds. The van der Waals surface area contributed by atoms with Crippen molar-refractivity contribution in [3.05, 3.63) is 215 Å². The summed E-state index contributed by atoms with van der Waals surface area (Å²) in [5.74, 6) is 0. The molecule has 0 aromatic heterocycles. The lowest BCUT2D eigenvalue weighted by atomic mass is 9.77. The third kappa shape index (κ3) is 5.20. The number of fused-ring (bicyclic) bond motifs is 9. The lowest BCUT2D eigenvalue weighted by molar-refractivity contribution is 0.571. The molecule has 0 radical (unpaired) electrons. The first kappa shape index (κ1) is 36.2. The molecule has 2 atom stereocenters. The van der Waals surface area contributed by atoms with Gasteiger partial charge in [-0.15, -0.1) is 0 Å². The smallest absolute Gasteiger partial charge is 0.0465 e. The van der Waals surface area contributed by atoms with E-state index in [9.17, 15) is 0 Å². The fraction of sp³-hybridized carbons (Fsp3) is 0.172. The van der Waals surface area contributed by atoms with Crippen LogP contribution in [0.1, 0.15) is 68.0 Å². The van der Waals surface area contributed by atoms with Crippen molar-refractivity contribution in [2.24, 2.45) is 0 Å². The number of rotatable bonds is 7. The predicted molar refractivity (Wildman–Crippen MR) is 255 cm³/mol. The van der Waals surface area contributed by atoms with Crippen molar-refractivity contribution in [2.75, 3.05) is 16.3 Å². The molecule has 8 aromatic rings. The van der Waals surface area contributed by atoms with E-state index in [0.717, 1.165) is 23.6 Å². The van der Waals surface area contributed by atoms with Crippen molar-refractivity contribution in [1.29, 1.82) is 0 Å². The Balaban J connectivity index is 0.957. The van der Waals surface area contributed by atoms with Crippen LogP contribution in [-0.2, 0) is 16.2 Å². The molecule has 0 bridgehead atoms. The Kier molecular flexibility index (Phi) is 7.66.